The predicted molar refractivity (Wildman–Crippen MR) is 83.7 cm³/mol. The zero-order valence-electron chi connectivity index (χ0n) is 12.4. The monoisotopic (exact) mass is 273 g/mol. The number of benzene rings is 1. The summed E-state index contributed by atoms with van der Waals surface area (Å²) in [4.78, 5) is 5.37. The molecule has 2 aliphatic heterocycles. The highest BCUT2D eigenvalue weighted by atomic mass is 15.3. The number of nitrogens with zero attached hydrogens (tertiary/aromatic N) is 2. The summed E-state index contributed by atoms with van der Waals surface area (Å²) in [5, 5.41) is 0. The molecule has 2 heterocycles. The van der Waals surface area contributed by atoms with Gasteiger partial charge in [-0.2, -0.15) is 0 Å². The quantitative estimate of drug-likeness (QED) is 0.909. The summed E-state index contributed by atoms with van der Waals surface area (Å²) in [6.45, 7) is 7.01. The fourth-order valence-electron chi connectivity index (χ4n) is 3.77. The lowest BCUT2D eigenvalue weighted by molar-refractivity contribution is 0.221. The van der Waals surface area contributed by atoms with Crippen LogP contribution in [0.1, 0.15) is 30.4 Å². The molecule has 3 rings (SSSR count). The number of hydrogen-bond acceptors (Lipinski definition) is 3. The molecule has 20 heavy (non-hydrogen) atoms. The first-order valence-corrected chi connectivity index (χ1v) is 8.10. The minimum absolute atomic E-state index is 0.659. The van der Waals surface area contributed by atoms with Gasteiger partial charge in [-0.25, -0.2) is 0 Å². The van der Waals surface area contributed by atoms with E-state index in [9.17, 15) is 0 Å². The van der Waals surface area contributed by atoms with E-state index in [0.717, 1.165) is 12.5 Å². The van der Waals surface area contributed by atoms with E-state index in [0.29, 0.717) is 6.54 Å². The maximum atomic E-state index is 5.83. The second kappa shape index (κ2) is 6.70. The van der Waals surface area contributed by atoms with Gasteiger partial charge in [0.05, 0.1) is 0 Å². The molecule has 110 valence electrons. The van der Waals surface area contributed by atoms with Crippen LogP contribution in [0.3, 0.4) is 0 Å². The van der Waals surface area contributed by atoms with Gasteiger partial charge >= 0.3 is 0 Å². The van der Waals surface area contributed by atoms with Crippen molar-refractivity contribution in [1.29, 1.82) is 0 Å². The topological polar surface area (TPSA) is 32.5 Å². The Morgan fingerprint density at radius 1 is 1.05 bits per heavy atom. The van der Waals surface area contributed by atoms with Crippen molar-refractivity contribution in [1.82, 2.24) is 9.80 Å². The van der Waals surface area contributed by atoms with Crippen molar-refractivity contribution in [3.05, 3.63) is 35.4 Å². The highest BCUT2D eigenvalue weighted by molar-refractivity contribution is 5.27. The third-order valence-electron chi connectivity index (χ3n) is 4.92. The van der Waals surface area contributed by atoms with Crippen LogP contribution in [0.2, 0.25) is 0 Å². The van der Waals surface area contributed by atoms with E-state index in [-0.39, 0.29) is 0 Å². The van der Waals surface area contributed by atoms with Gasteiger partial charge in [0.2, 0.25) is 0 Å². The normalized spacial score (nSPS) is 24.6. The average Bonchev–Trinajstić information content (AvgIpc) is 2.83. The molecule has 0 radical (unpaired) electrons. The smallest absolute Gasteiger partial charge is 0.0223 e. The number of nitrogens with two attached hydrogens (primary N) is 1. The standard InChI is InChI=1S/C17H27N3/c18-13-16-6-2-1-5-15(16)8-12-19-9-4-11-20-10-3-7-17(20)14-19/h1-2,5-6,17H,3-4,7-14,18H2. The summed E-state index contributed by atoms with van der Waals surface area (Å²) >= 11 is 0. The molecule has 1 aromatic rings. The van der Waals surface area contributed by atoms with Crippen molar-refractivity contribution < 1.29 is 0 Å². The van der Waals surface area contributed by atoms with E-state index in [1.54, 1.807) is 0 Å². The van der Waals surface area contributed by atoms with Crippen LogP contribution in [0.4, 0.5) is 0 Å². The molecule has 2 fully saturated rings. The van der Waals surface area contributed by atoms with Crippen LogP contribution in [0.15, 0.2) is 24.3 Å². The lowest BCUT2D eigenvalue weighted by atomic mass is 10.0. The Morgan fingerprint density at radius 2 is 1.85 bits per heavy atom. The SMILES string of the molecule is NCc1ccccc1CCN1CCCN2CCCC2C1. The molecule has 0 aliphatic carbocycles. The van der Waals surface area contributed by atoms with Gasteiger partial charge in [-0.1, -0.05) is 24.3 Å². The van der Waals surface area contributed by atoms with Gasteiger partial charge in [0.25, 0.3) is 0 Å². The molecule has 1 atom stereocenters. The van der Waals surface area contributed by atoms with E-state index >= 15 is 0 Å². The van der Waals surface area contributed by atoms with E-state index < -0.39 is 0 Å². The molecule has 3 nitrogen and oxygen atoms in total. The molecule has 0 bridgehead atoms. The number of fused-ring (bicyclic) bond motifs is 1. The fraction of sp³-hybridized carbons (Fsp3) is 0.647. The maximum Gasteiger partial charge on any atom is 0.0223 e. The Balaban J connectivity index is 1.57. The second-order valence-electron chi connectivity index (χ2n) is 6.21. The van der Waals surface area contributed by atoms with Gasteiger partial charge in [-0.05, 0) is 56.4 Å². The summed E-state index contributed by atoms with van der Waals surface area (Å²) in [6, 6.07) is 9.45. The fourth-order valence-corrected chi connectivity index (χ4v) is 3.77. The zero-order valence-corrected chi connectivity index (χ0v) is 12.4. The van der Waals surface area contributed by atoms with Gasteiger partial charge in [0, 0.05) is 25.7 Å². The van der Waals surface area contributed by atoms with Crippen molar-refractivity contribution in [2.75, 3.05) is 32.7 Å². The first-order chi connectivity index (χ1) is 9.86. The maximum absolute atomic E-state index is 5.83. The van der Waals surface area contributed by atoms with Crippen molar-refractivity contribution >= 4 is 0 Å². The van der Waals surface area contributed by atoms with Crippen LogP contribution in [-0.4, -0.2) is 48.6 Å². The van der Waals surface area contributed by atoms with E-state index in [1.165, 1.54) is 63.1 Å². The molecule has 1 aromatic carbocycles. The highest BCUT2D eigenvalue weighted by Gasteiger charge is 2.28. The van der Waals surface area contributed by atoms with Gasteiger partial charge in [-0.3, -0.25) is 4.90 Å². The van der Waals surface area contributed by atoms with E-state index in [4.69, 9.17) is 5.73 Å². The molecular weight excluding hydrogens is 246 g/mol. The Hall–Kier alpha value is -0.900. The van der Waals surface area contributed by atoms with E-state index in [1.807, 2.05) is 0 Å². The lowest BCUT2D eigenvalue weighted by Crippen LogP contribution is -2.37. The first-order valence-electron chi connectivity index (χ1n) is 8.10. The Kier molecular flexibility index (Phi) is 4.71. The largest absolute Gasteiger partial charge is 0.326 e. The Labute approximate surface area is 122 Å². The molecule has 2 saturated heterocycles. The molecule has 2 aliphatic rings. The molecule has 0 spiro atoms. The predicted octanol–water partition coefficient (Wildman–Crippen LogP) is 1.86. The number of rotatable bonds is 4. The van der Waals surface area contributed by atoms with Crippen LogP contribution >= 0.6 is 0 Å². The minimum Gasteiger partial charge on any atom is -0.326 e. The first kappa shape index (κ1) is 14.1. The molecule has 0 aromatic heterocycles. The van der Waals surface area contributed by atoms with Crippen molar-refractivity contribution in [2.24, 2.45) is 5.73 Å². The second-order valence-corrected chi connectivity index (χ2v) is 6.21. The third kappa shape index (κ3) is 3.22. The zero-order chi connectivity index (χ0) is 13.8. The van der Waals surface area contributed by atoms with Crippen molar-refractivity contribution in [3.8, 4) is 0 Å². The molecule has 3 heteroatoms. The van der Waals surface area contributed by atoms with Crippen LogP contribution in [0.25, 0.3) is 0 Å². The molecule has 0 saturated carbocycles. The summed E-state index contributed by atoms with van der Waals surface area (Å²) in [5.41, 5.74) is 8.58. The van der Waals surface area contributed by atoms with Crippen LogP contribution in [-0.2, 0) is 13.0 Å². The van der Waals surface area contributed by atoms with Crippen LogP contribution in [0.5, 0.6) is 0 Å². The highest BCUT2D eigenvalue weighted by Crippen LogP contribution is 2.21. The minimum atomic E-state index is 0.659. The van der Waals surface area contributed by atoms with Gasteiger partial charge in [-0.15, -0.1) is 0 Å². The molecule has 2 N–H and O–H groups in total. The van der Waals surface area contributed by atoms with Crippen LogP contribution < -0.4 is 5.73 Å². The van der Waals surface area contributed by atoms with Crippen molar-refractivity contribution in [3.63, 3.8) is 0 Å². The average molecular weight is 273 g/mol. The van der Waals surface area contributed by atoms with Gasteiger partial charge < -0.3 is 10.6 Å². The summed E-state index contributed by atoms with van der Waals surface area (Å²) in [5.74, 6) is 0. The van der Waals surface area contributed by atoms with Gasteiger partial charge in [0.15, 0.2) is 0 Å². The Morgan fingerprint density at radius 3 is 2.70 bits per heavy atom. The molecule has 0 amide bonds. The summed E-state index contributed by atoms with van der Waals surface area (Å²) in [7, 11) is 0. The Bertz CT molecular complexity index is 432. The molecular formula is C17H27N3. The summed E-state index contributed by atoms with van der Waals surface area (Å²) < 4.78 is 0. The van der Waals surface area contributed by atoms with Crippen molar-refractivity contribution in [2.45, 2.75) is 38.3 Å². The van der Waals surface area contributed by atoms with Gasteiger partial charge in [0.1, 0.15) is 0 Å². The van der Waals surface area contributed by atoms with Crippen LogP contribution in [0, 0.1) is 0 Å². The summed E-state index contributed by atoms with van der Waals surface area (Å²) in [6.07, 6.45) is 5.26. The number of hydrogen-bond donors (Lipinski definition) is 1. The van der Waals surface area contributed by atoms with E-state index in [2.05, 4.69) is 34.1 Å². The third-order valence-corrected chi connectivity index (χ3v) is 4.92. The molecule has 1 unspecified atom stereocenters. The lowest BCUT2D eigenvalue weighted by Gasteiger charge is -2.25.